The second kappa shape index (κ2) is 6.87. The summed E-state index contributed by atoms with van der Waals surface area (Å²) in [6, 6.07) is 17.0. The van der Waals surface area contributed by atoms with Gasteiger partial charge in [0.05, 0.1) is 4.90 Å². The van der Waals surface area contributed by atoms with Crippen molar-refractivity contribution in [2.75, 3.05) is 12.4 Å². The molecule has 24 heavy (non-hydrogen) atoms. The molecule has 0 radical (unpaired) electrons. The number of rotatable bonds is 4. The second-order valence-electron chi connectivity index (χ2n) is 6.48. The minimum atomic E-state index is -3.51. The van der Waals surface area contributed by atoms with Crippen molar-refractivity contribution in [2.45, 2.75) is 30.7 Å². The molecule has 2 aromatic carbocycles. The Hall–Kier alpha value is -1.36. The van der Waals surface area contributed by atoms with Gasteiger partial charge < -0.3 is 0 Å². The van der Waals surface area contributed by atoms with Gasteiger partial charge in [0, 0.05) is 24.4 Å². The van der Waals surface area contributed by atoms with Crippen LogP contribution in [0.2, 0.25) is 0 Å². The number of hydrogen-bond acceptors (Lipinski definition) is 2. The molecule has 0 amide bonds. The SMILES string of the molecule is Cc1ccc(S(=O)(=O)N2CC(CCl)C(c3ccccc3)C2C)cc1. The average molecular weight is 364 g/mol. The summed E-state index contributed by atoms with van der Waals surface area (Å²) in [5.41, 5.74) is 2.20. The first-order chi connectivity index (χ1) is 11.4. The minimum Gasteiger partial charge on any atom is -0.207 e. The summed E-state index contributed by atoms with van der Waals surface area (Å²) in [6.45, 7) is 4.39. The molecular formula is C19H22ClNO2S. The van der Waals surface area contributed by atoms with E-state index >= 15 is 0 Å². The Labute approximate surface area is 149 Å². The highest BCUT2D eigenvalue weighted by Crippen LogP contribution is 2.41. The third-order valence-electron chi connectivity index (χ3n) is 4.91. The summed E-state index contributed by atoms with van der Waals surface area (Å²) < 4.78 is 27.8. The van der Waals surface area contributed by atoms with Crippen LogP contribution < -0.4 is 0 Å². The fraction of sp³-hybridized carbons (Fsp3) is 0.368. The lowest BCUT2D eigenvalue weighted by molar-refractivity contribution is 0.393. The lowest BCUT2D eigenvalue weighted by Crippen LogP contribution is -2.35. The van der Waals surface area contributed by atoms with Gasteiger partial charge in [-0.1, -0.05) is 48.0 Å². The fourth-order valence-electron chi connectivity index (χ4n) is 3.62. The highest BCUT2D eigenvalue weighted by atomic mass is 35.5. The first-order valence-corrected chi connectivity index (χ1v) is 10.1. The van der Waals surface area contributed by atoms with E-state index in [9.17, 15) is 8.42 Å². The second-order valence-corrected chi connectivity index (χ2v) is 8.68. The molecule has 1 saturated heterocycles. The third kappa shape index (κ3) is 3.10. The number of sulfonamides is 1. The molecule has 3 nitrogen and oxygen atoms in total. The van der Waals surface area contributed by atoms with Crippen molar-refractivity contribution < 1.29 is 8.42 Å². The highest BCUT2D eigenvalue weighted by Gasteiger charge is 2.45. The molecule has 2 aromatic rings. The van der Waals surface area contributed by atoms with Crippen LogP contribution >= 0.6 is 11.6 Å². The Bertz CT molecular complexity index is 790. The van der Waals surface area contributed by atoms with Crippen LogP contribution in [0.4, 0.5) is 0 Å². The molecule has 1 aliphatic heterocycles. The first kappa shape index (κ1) is 17.5. The molecule has 0 aliphatic carbocycles. The molecule has 3 atom stereocenters. The Morgan fingerprint density at radius 1 is 1.08 bits per heavy atom. The van der Waals surface area contributed by atoms with E-state index in [1.165, 1.54) is 0 Å². The Morgan fingerprint density at radius 3 is 2.29 bits per heavy atom. The number of halogens is 1. The summed E-state index contributed by atoms with van der Waals surface area (Å²) in [5.74, 6) is 0.678. The van der Waals surface area contributed by atoms with E-state index in [0.717, 1.165) is 11.1 Å². The van der Waals surface area contributed by atoms with Gasteiger partial charge in [0.25, 0.3) is 0 Å². The van der Waals surface area contributed by atoms with Gasteiger partial charge in [0.2, 0.25) is 10.0 Å². The number of alkyl halides is 1. The van der Waals surface area contributed by atoms with Gasteiger partial charge in [0.1, 0.15) is 0 Å². The van der Waals surface area contributed by atoms with Crippen LogP contribution in [0.25, 0.3) is 0 Å². The number of hydrogen-bond donors (Lipinski definition) is 0. The summed E-state index contributed by atoms with van der Waals surface area (Å²) in [7, 11) is -3.51. The molecule has 3 rings (SSSR count). The van der Waals surface area contributed by atoms with Crippen LogP contribution in [0.5, 0.6) is 0 Å². The number of benzene rings is 2. The van der Waals surface area contributed by atoms with Gasteiger partial charge in [-0.15, -0.1) is 11.6 Å². The summed E-state index contributed by atoms with van der Waals surface area (Å²) in [4.78, 5) is 0.349. The molecular weight excluding hydrogens is 342 g/mol. The van der Waals surface area contributed by atoms with E-state index in [2.05, 4.69) is 12.1 Å². The highest BCUT2D eigenvalue weighted by molar-refractivity contribution is 7.89. The van der Waals surface area contributed by atoms with E-state index < -0.39 is 10.0 Å². The van der Waals surface area contributed by atoms with Crippen LogP contribution in [0.15, 0.2) is 59.5 Å². The Morgan fingerprint density at radius 2 is 1.71 bits per heavy atom. The molecule has 1 heterocycles. The lowest BCUT2D eigenvalue weighted by atomic mass is 9.86. The molecule has 3 unspecified atom stereocenters. The molecule has 128 valence electrons. The molecule has 5 heteroatoms. The lowest BCUT2D eigenvalue weighted by Gasteiger charge is -2.25. The molecule has 0 aromatic heterocycles. The minimum absolute atomic E-state index is 0.115. The zero-order chi connectivity index (χ0) is 17.3. The zero-order valence-electron chi connectivity index (χ0n) is 13.9. The smallest absolute Gasteiger partial charge is 0.207 e. The predicted molar refractivity (Wildman–Crippen MR) is 97.9 cm³/mol. The van der Waals surface area contributed by atoms with Crippen molar-refractivity contribution in [1.29, 1.82) is 0 Å². The van der Waals surface area contributed by atoms with Gasteiger partial charge in [-0.2, -0.15) is 4.31 Å². The maximum absolute atomic E-state index is 13.1. The van der Waals surface area contributed by atoms with Crippen molar-refractivity contribution in [3.63, 3.8) is 0 Å². The van der Waals surface area contributed by atoms with Crippen LogP contribution in [-0.4, -0.2) is 31.2 Å². The van der Waals surface area contributed by atoms with Crippen molar-refractivity contribution >= 4 is 21.6 Å². The molecule has 1 fully saturated rings. The summed E-state index contributed by atoms with van der Waals surface area (Å²) >= 11 is 6.18. The van der Waals surface area contributed by atoms with E-state index in [4.69, 9.17) is 11.6 Å². The van der Waals surface area contributed by atoms with Crippen LogP contribution in [0, 0.1) is 12.8 Å². The van der Waals surface area contributed by atoms with Crippen LogP contribution in [0.3, 0.4) is 0 Å². The maximum atomic E-state index is 13.1. The van der Waals surface area contributed by atoms with E-state index in [1.54, 1.807) is 16.4 Å². The standard InChI is InChI=1S/C19H22ClNO2S/c1-14-8-10-18(11-9-14)24(22,23)21-13-17(12-20)19(15(21)2)16-6-4-3-5-7-16/h3-11,15,17,19H,12-13H2,1-2H3. The molecule has 1 aliphatic rings. The van der Waals surface area contributed by atoms with E-state index in [1.807, 2.05) is 44.2 Å². The van der Waals surface area contributed by atoms with Crippen LogP contribution in [-0.2, 0) is 10.0 Å². The maximum Gasteiger partial charge on any atom is 0.243 e. The van der Waals surface area contributed by atoms with Crippen LogP contribution in [0.1, 0.15) is 24.0 Å². The van der Waals surface area contributed by atoms with E-state index in [0.29, 0.717) is 17.3 Å². The van der Waals surface area contributed by atoms with Crippen molar-refractivity contribution in [1.82, 2.24) is 4.31 Å². The van der Waals surface area contributed by atoms with Gasteiger partial charge in [-0.05, 0) is 37.5 Å². The summed E-state index contributed by atoms with van der Waals surface area (Å²) in [6.07, 6.45) is 0. The van der Waals surface area contributed by atoms with Crippen molar-refractivity contribution in [3.8, 4) is 0 Å². The van der Waals surface area contributed by atoms with Gasteiger partial charge >= 0.3 is 0 Å². The first-order valence-electron chi connectivity index (χ1n) is 8.14. The van der Waals surface area contributed by atoms with Gasteiger partial charge in [-0.3, -0.25) is 0 Å². The molecule has 0 saturated carbocycles. The topological polar surface area (TPSA) is 37.4 Å². The molecule has 0 spiro atoms. The van der Waals surface area contributed by atoms with E-state index in [-0.39, 0.29) is 17.9 Å². The molecule has 0 N–H and O–H groups in total. The average Bonchev–Trinajstić information content (AvgIpc) is 2.93. The van der Waals surface area contributed by atoms with Crippen molar-refractivity contribution in [2.24, 2.45) is 5.92 Å². The zero-order valence-corrected chi connectivity index (χ0v) is 15.5. The summed E-state index contributed by atoms with van der Waals surface area (Å²) in [5, 5.41) is 0. The largest absolute Gasteiger partial charge is 0.243 e. The number of nitrogens with zero attached hydrogens (tertiary/aromatic N) is 1. The number of aryl methyl sites for hydroxylation is 1. The van der Waals surface area contributed by atoms with Gasteiger partial charge in [-0.25, -0.2) is 8.42 Å². The van der Waals surface area contributed by atoms with Crippen molar-refractivity contribution in [3.05, 3.63) is 65.7 Å². The normalized spacial score (nSPS) is 25.0. The Kier molecular flexibility index (Phi) is 5.00. The fourth-order valence-corrected chi connectivity index (χ4v) is 5.61. The predicted octanol–water partition coefficient (Wildman–Crippen LogP) is 4.03. The monoisotopic (exact) mass is 363 g/mol. The Balaban J connectivity index is 1.96. The van der Waals surface area contributed by atoms with Gasteiger partial charge in [0.15, 0.2) is 0 Å². The third-order valence-corrected chi connectivity index (χ3v) is 7.27. The molecule has 0 bridgehead atoms. The quantitative estimate of drug-likeness (QED) is 0.769.